The van der Waals surface area contributed by atoms with Crippen molar-refractivity contribution in [3.8, 4) is 0 Å². The van der Waals surface area contributed by atoms with Crippen LogP contribution in [0.3, 0.4) is 0 Å². The van der Waals surface area contributed by atoms with Gasteiger partial charge >= 0.3 is 5.97 Å². The Kier molecular flexibility index (Phi) is 4.73. The Labute approximate surface area is 134 Å². The minimum atomic E-state index is -0.913. The van der Waals surface area contributed by atoms with Gasteiger partial charge in [-0.1, -0.05) is 24.3 Å². The summed E-state index contributed by atoms with van der Waals surface area (Å²) in [5, 5.41) is 9.22. The molecule has 0 heterocycles. The molecule has 0 fully saturated rings. The maximum Gasteiger partial charge on any atom is 0.305 e. The molecule has 2 aromatic carbocycles. The van der Waals surface area contributed by atoms with Gasteiger partial charge in [0.1, 0.15) is 0 Å². The molecule has 0 aromatic heterocycles. The molecular weight excluding hydrogens is 308 g/mol. The lowest BCUT2D eigenvalue weighted by Gasteiger charge is -2.28. The second-order valence-electron chi connectivity index (χ2n) is 4.53. The smallest absolute Gasteiger partial charge is 0.305 e. The Morgan fingerprint density at radius 1 is 1.00 bits per heavy atom. The predicted octanol–water partition coefficient (Wildman–Crippen LogP) is 3.91. The molecule has 1 N–H and O–H groups in total. The van der Waals surface area contributed by atoms with Gasteiger partial charge in [-0.15, -0.1) is 25.3 Å². The molecule has 0 atom stereocenters. The van der Waals surface area contributed by atoms with E-state index in [9.17, 15) is 9.90 Å². The van der Waals surface area contributed by atoms with Crippen molar-refractivity contribution in [2.75, 3.05) is 0 Å². The largest absolute Gasteiger partial charge is 0.481 e. The third-order valence-electron chi connectivity index (χ3n) is 3.05. The average molecular weight is 322 g/mol. The number of carboxylic acid groups (broad SMARTS) is 1. The van der Waals surface area contributed by atoms with E-state index >= 15 is 0 Å². The quantitative estimate of drug-likeness (QED) is 0.644. The summed E-state index contributed by atoms with van der Waals surface area (Å²) in [7, 11) is 0. The fourth-order valence-electron chi connectivity index (χ4n) is 2.12. The molecule has 0 bridgehead atoms. The second kappa shape index (κ2) is 6.16. The number of thiol groups is 3. The van der Waals surface area contributed by atoms with Crippen LogP contribution in [-0.2, 0) is 9.54 Å². The van der Waals surface area contributed by atoms with Gasteiger partial charge in [-0.3, -0.25) is 4.79 Å². The zero-order chi connectivity index (χ0) is 14.8. The molecule has 5 heteroatoms. The number of carboxylic acids is 1. The summed E-state index contributed by atoms with van der Waals surface area (Å²) in [6.45, 7) is 0. The highest BCUT2D eigenvalue weighted by Crippen LogP contribution is 2.40. The van der Waals surface area contributed by atoms with Crippen molar-refractivity contribution in [2.24, 2.45) is 0 Å². The molecule has 104 valence electrons. The monoisotopic (exact) mass is 322 g/mol. The van der Waals surface area contributed by atoms with Crippen molar-refractivity contribution in [2.45, 2.75) is 21.0 Å². The van der Waals surface area contributed by atoms with Crippen LogP contribution in [0.25, 0.3) is 0 Å². The Morgan fingerprint density at radius 2 is 1.45 bits per heavy atom. The Balaban J connectivity index is 2.58. The maximum absolute atomic E-state index is 11.2. The molecule has 0 unspecified atom stereocenters. The molecular formula is C15H14O2S3. The van der Waals surface area contributed by atoms with Crippen molar-refractivity contribution in [3.05, 3.63) is 59.7 Å². The van der Waals surface area contributed by atoms with Gasteiger partial charge in [0.05, 0.1) is 11.2 Å². The van der Waals surface area contributed by atoms with Gasteiger partial charge in [0.25, 0.3) is 0 Å². The first kappa shape index (κ1) is 15.4. The Hall–Kier alpha value is -1.04. The van der Waals surface area contributed by atoms with Gasteiger partial charge in [0.2, 0.25) is 0 Å². The third kappa shape index (κ3) is 3.34. The molecule has 2 rings (SSSR count). The molecule has 0 radical (unpaired) electrons. The summed E-state index contributed by atoms with van der Waals surface area (Å²) in [6, 6.07) is 14.8. The van der Waals surface area contributed by atoms with Gasteiger partial charge < -0.3 is 5.11 Å². The zero-order valence-electron chi connectivity index (χ0n) is 10.5. The highest BCUT2D eigenvalue weighted by Gasteiger charge is 2.33. The van der Waals surface area contributed by atoms with Crippen LogP contribution in [0.15, 0.2) is 58.3 Å². The van der Waals surface area contributed by atoms with E-state index in [4.69, 9.17) is 0 Å². The van der Waals surface area contributed by atoms with Crippen LogP contribution in [-0.4, -0.2) is 11.1 Å². The minimum Gasteiger partial charge on any atom is -0.481 e. The summed E-state index contributed by atoms with van der Waals surface area (Å²) in [6.07, 6.45) is -0.120. The van der Waals surface area contributed by atoms with Gasteiger partial charge in [0.15, 0.2) is 0 Å². The summed E-state index contributed by atoms with van der Waals surface area (Å²) in [5.74, 6) is -0.908. The molecule has 2 nitrogen and oxygen atoms in total. The van der Waals surface area contributed by atoms with Gasteiger partial charge in [-0.2, -0.15) is 12.6 Å². The molecule has 0 amide bonds. The van der Waals surface area contributed by atoms with Gasteiger partial charge in [-0.25, -0.2) is 0 Å². The van der Waals surface area contributed by atoms with Gasteiger partial charge in [-0.05, 0) is 35.4 Å². The van der Waals surface area contributed by atoms with Crippen LogP contribution in [0, 0.1) is 0 Å². The molecule has 2 aromatic rings. The summed E-state index contributed by atoms with van der Waals surface area (Å²) >= 11 is 13.3. The maximum atomic E-state index is 11.2. The lowest BCUT2D eigenvalue weighted by molar-refractivity contribution is -0.137. The number of aliphatic carboxylic acids is 1. The summed E-state index contributed by atoms with van der Waals surface area (Å²) in [5.41, 5.74) is 1.60. The normalized spacial score (nSPS) is 11.3. The van der Waals surface area contributed by atoms with E-state index in [1.807, 2.05) is 48.5 Å². The molecule has 0 aliphatic heterocycles. The average Bonchev–Trinajstić information content (AvgIpc) is 2.38. The number of hydrogen-bond acceptors (Lipinski definition) is 4. The summed E-state index contributed by atoms with van der Waals surface area (Å²) < 4.78 is -0.913. The van der Waals surface area contributed by atoms with E-state index in [0.717, 1.165) is 20.9 Å². The first-order chi connectivity index (χ1) is 9.41. The van der Waals surface area contributed by atoms with E-state index in [0.29, 0.717) is 0 Å². The highest BCUT2D eigenvalue weighted by molar-refractivity contribution is 7.81. The van der Waals surface area contributed by atoms with E-state index in [2.05, 4.69) is 37.9 Å². The molecule has 0 spiro atoms. The zero-order valence-corrected chi connectivity index (χ0v) is 13.2. The van der Waals surface area contributed by atoms with Crippen LogP contribution >= 0.6 is 37.9 Å². The van der Waals surface area contributed by atoms with Crippen molar-refractivity contribution in [3.63, 3.8) is 0 Å². The fourth-order valence-corrected chi connectivity index (χ4v) is 2.98. The van der Waals surface area contributed by atoms with Crippen molar-refractivity contribution in [1.82, 2.24) is 0 Å². The number of benzene rings is 2. The van der Waals surface area contributed by atoms with Gasteiger partial charge in [0, 0.05) is 9.79 Å². The minimum absolute atomic E-state index is 0.120. The number of rotatable bonds is 4. The second-order valence-corrected chi connectivity index (χ2v) is 6.33. The van der Waals surface area contributed by atoms with E-state index in [1.54, 1.807) is 0 Å². The first-order valence-corrected chi connectivity index (χ1v) is 7.29. The molecule has 0 saturated heterocycles. The fraction of sp³-hybridized carbons (Fsp3) is 0.133. The predicted molar refractivity (Wildman–Crippen MR) is 89.4 cm³/mol. The topological polar surface area (TPSA) is 37.3 Å². The van der Waals surface area contributed by atoms with Crippen molar-refractivity contribution >= 4 is 43.9 Å². The number of hydrogen-bond donors (Lipinski definition) is 4. The van der Waals surface area contributed by atoms with E-state index in [1.165, 1.54) is 0 Å². The summed E-state index contributed by atoms with van der Waals surface area (Å²) in [4.78, 5) is 12.8. The van der Waals surface area contributed by atoms with Crippen molar-refractivity contribution in [1.29, 1.82) is 0 Å². The van der Waals surface area contributed by atoms with E-state index in [-0.39, 0.29) is 6.42 Å². The third-order valence-corrected chi connectivity index (χ3v) is 4.29. The van der Waals surface area contributed by atoms with Crippen LogP contribution in [0.5, 0.6) is 0 Å². The molecule has 20 heavy (non-hydrogen) atoms. The highest BCUT2D eigenvalue weighted by atomic mass is 32.1. The van der Waals surface area contributed by atoms with Crippen LogP contribution in [0.1, 0.15) is 17.5 Å². The van der Waals surface area contributed by atoms with E-state index < -0.39 is 10.7 Å². The Morgan fingerprint density at radius 3 is 1.80 bits per heavy atom. The standard InChI is InChI=1S/C15H14O2S3/c16-14(17)9-15(20,10-3-1-5-12(18)7-10)11-4-2-6-13(19)8-11/h1-8,18-20H,9H2,(H,16,17). The molecule has 0 aliphatic carbocycles. The lowest BCUT2D eigenvalue weighted by Crippen LogP contribution is -2.24. The van der Waals surface area contributed by atoms with Crippen molar-refractivity contribution < 1.29 is 9.90 Å². The lowest BCUT2D eigenvalue weighted by atomic mass is 9.87. The van der Waals surface area contributed by atoms with Crippen LogP contribution in [0.4, 0.5) is 0 Å². The SMILES string of the molecule is O=C(O)CC(S)(c1cccc(S)c1)c1cccc(S)c1. The Bertz CT molecular complexity index is 595. The van der Waals surface area contributed by atoms with Crippen LogP contribution in [0.2, 0.25) is 0 Å². The molecule has 0 aliphatic rings. The molecule has 0 saturated carbocycles. The number of carbonyl (C=O) groups is 1. The van der Waals surface area contributed by atoms with Crippen LogP contribution < -0.4 is 0 Å². The first-order valence-electron chi connectivity index (χ1n) is 5.95.